The van der Waals surface area contributed by atoms with Gasteiger partial charge in [-0.3, -0.25) is 0 Å². The molecule has 0 atom stereocenters. The summed E-state index contributed by atoms with van der Waals surface area (Å²) in [6, 6.07) is 0. The van der Waals surface area contributed by atoms with Gasteiger partial charge in [-0.25, -0.2) is 0 Å². The van der Waals surface area contributed by atoms with Crippen molar-refractivity contribution in [1.29, 1.82) is 0 Å². The highest BCUT2D eigenvalue weighted by Crippen LogP contribution is 2.10. The summed E-state index contributed by atoms with van der Waals surface area (Å²) in [7, 11) is 0. The maximum Gasteiger partial charge on any atom is 0.393 e. The third-order valence-electron chi connectivity index (χ3n) is 0.937. The predicted molar refractivity (Wildman–Crippen MR) is 37.0 cm³/mol. The molecule has 0 amide bonds. The first-order valence-corrected chi connectivity index (χ1v) is 3.27. The molecule has 0 N–H and O–H groups in total. The van der Waals surface area contributed by atoms with Gasteiger partial charge in [0.1, 0.15) is 5.76 Å². The Kier molecular flexibility index (Phi) is 1.94. The first-order chi connectivity index (χ1) is 4.68. The lowest BCUT2D eigenvalue weighted by atomic mass is 10.5. The van der Waals surface area contributed by atoms with Crippen LogP contribution in [0.25, 0.3) is 0 Å². The highest BCUT2D eigenvalue weighted by atomic mass is 16.6. The lowest BCUT2D eigenvalue weighted by molar-refractivity contribution is 0.173. The monoisotopic (exact) mass is 141 g/mol. The van der Waals surface area contributed by atoms with E-state index in [-0.39, 0.29) is 6.10 Å². The largest absolute Gasteiger partial charge is 0.447 e. The Morgan fingerprint density at radius 2 is 2.30 bits per heavy atom. The van der Waals surface area contributed by atoms with E-state index < -0.39 is 0 Å². The third kappa shape index (κ3) is 1.76. The number of nitrogens with zero attached hydrogens (tertiary/aromatic N) is 1. The first kappa shape index (κ1) is 7.12. The van der Waals surface area contributed by atoms with Crippen LogP contribution in [0.2, 0.25) is 0 Å². The fraction of sp³-hybridized carbons (Fsp3) is 0.571. The maximum absolute atomic E-state index is 5.16. The molecule has 0 radical (unpaired) electrons. The van der Waals surface area contributed by atoms with E-state index in [2.05, 4.69) is 4.98 Å². The van der Waals surface area contributed by atoms with Crippen LogP contribution in [0.15, 0.2) is 10.6 Å². The van der Waals surface area contributed by atoms with Gasteiger partial charge in [0.25, 0.3) is 0 Å². The van der Waals surface area contributed by atoms with Crippen molar-refractivity contribution in [3.05, 3.63) is 12.0 Å². The smallest absolute Gasteiger partial charge is 0.393 e. The van der Waals surface area contributed by atoms with Crippen LogP contribution in [0.1, 0.15) is 19.6 Å². The molecule has 0 aliphatic carbocycles. The fourth-order valence-electron chi connectivity index (χ4n) is 0.590. The molecule has 0 aliphatic heterocycles. The summed E-state index contributed by atoms with van der Waals surface area (Å²) in [5.41, 5.74) is 0. The minimum absolute atomic E-state index is 0.123. The summed E-state index contributed by atoms with van der Waals surface area (Å²) < 4.78 is 10.2. The molecule has 10 heavy (non-hydrogen) atoms. The van der Waals surface area contributed by atoms with Crippen molar-refractivity contribution in [2.45, 2.75) is 26.9 Å². The van der Waals surface area contributed by atoms with Crippen molar-refractivity contribution in [3.8, 4) is 6.08 Å². The molecule has 3 heteroatoms. The summed E-state index contributed by atoms with van der Waals surface area (Å²) in [5, 5.41) is 0. The SMILES string of the molecule is Cc1cnc(OC(C)C)o1. The lowest BCUT2D eigenvalue weighted by Crippen LogP contribution is -2.05. The Hall–Kier alpha value is -0.990. The van der Waals surface area contributed by atoms with Gasteiger partial charge in [-0.2, -0.15) is 4.98 Å². The molecule has 0 bridgehead atoms. The molecule has 1 aromatic heterocycles. The van der Waals surface area contributed by atoms with Gasteiger partial charge in [0.15, 0.2) is 0 Å². The van der Waals surface area contributed by atoms with Crippen molar-refractivity contribution < 1.29 is 9.15 Å². The average molecular weight is 141 g/mol. The minimum Gasteiger partial charge on any atom is -0.447 e. The summed E-state index contributed by atoms with van der Waals surface area (Å²) in [6.45, 7) is 5.69. The molecule has 56 valence electrons. The summed E-state index contributed by atoms with van der Waals surface area (Å²) >= 11 is 0. The Morgan fingerprint density at radius 3 is 2.70 bits per heavy atom. The Balaban J connectivity index is 2.58. The molecular weight excluding hydrogens is 130 g/mol. The van der Waals surface area contributed by atoms with Crippen molar-refractivity contribution in [1.82, 2.24) is 4.98 Å². The molecule has 3 nitrogen and oxygen atoms in total. The standard InChI is InChI=1S/C7H11NO2/c1-5(2)9-7-8-4-6(3)10-7/h4-5H,1-3H3. The lowest BCUT2D eigenvalue weighted by Gasteiger charge is -2.02. The quantitative estimate of drug-likeness (QED) is 0.629. The van der Waals surface area contributed by atoms with Gasteiger partial charge in [0.2, 0.25) is 0 Å². The minimum atomic E-state index is 0.123. The molecule has 0 saturated carbocycles. The van der Waals surface area contributed by atoms with Gasteiger partial charge < -0.3 is 9.15 Å². The second-order valence-electron chi connectivity index (χ2n) is 2.40. The summed E-state index contributed by atoms with van der Waals surface area (Å²) in [6.07, 6.45) is 2.11. The zero-order valence-corrected chi connectivity index (χ0v) is 6.42. The van der Waals surface area contributed by atoms with E-state index in [1.165, 1.54) is 0 Å². The fourth-order valence-corrected chi connectivity index (χ4v) is 0.590. The normalized spacial score (nSPS) is 10.4. The second kappa shape index (κ2) is 2.73. The van der Waals surface area contributed by atoms with Crippen LogP contribution in [-0.2, 0) is 0 Å². The van der Waals surface area contributed by atoms with Crippen LogP contribution in [0.4, 0.5) is 0 Å². The van der Waals surface area contributed by atoms with E-state index in [0.29, 0.717) is 6.08 Å². The predicted octanol–water partition coefficient (Wildman–Crippen LogP) is 1.77. The van der Waals surface area contributed by atoms with Crippen molar-refractivity contribution in [3.63, 3.8) is 0 Å². The summed E-state index contributed by atoms with van der Waals surface area (Å²) in [5.74, 6) is 0.774. The number of aromatic nitrogens is 1. The topological polar surface area (TPSA) is 35.3 Å². The van der Waals surface area contributed by atoms with Gasteiger partial charge in [-0.15, -0.1) is 0 Å². The molecule has 0 fully saturated rings. The zero-order chi connectivity index (χ0) is 7.56. The highest BCUT2D eigenvalue weighted by Gasteiger charge is 2.02. The summed E-state index contributed by atoms with van der Waals surface area (Å²) in [4.78, 5) is 3.87. The molecule has 0 unspecified atom stereocenters. The Morgan fingerprint density at radius 1 is 1.60 bits per heavy atom. The molecule has 1 heterocycles. The van der Waals surface area contributed by atoms with E-state index >= 15 is 0 Å². The average Bonchev–Trinajstić information content (AvgIpc) is 2.13. The molecule has 0 aliphatic rings. The zero-order valence-electron chi connectivity index (χ0n) is 6.42. The van der Waals surface area contributed by atoms with Gasteiger partial charge in [-0.1, -0.05) is 0 Å². The van der Waals surface area contributed by atoms with E-state index in [4.69, 9.17) is 9.15 Å². The molecule has 0 aromatic carbocycles. The van der Waals surface area contributed by atoms with Gasteiger partial charge in [0.05, 0.1) is 12.3 Å². The van der Waals surface area contributed by atoms with Crippen LogP contribution in [-0.4, -0.2) is 11.1 Å². The molecule has 1 aromatic rings. The van der Waals surface area contributed by atoms with E-state index in [0.717, 1.165) is 5.76 Å². The van der Waals surface area contributed by atoms with Gasteiger partial charge in [-0.05, 0) is 20.8 Å². The number of rotatable bonds is 2. The van der Waals surface area contributed by atoms with Crippen LogP contribution < -0.4 is 4.74 Å². The van der Waals surface area contributed by atoms with Crippen LogP contribution in [0.5, 0.6) is 6.08 Å². The molecular formula is C7H11NO2. The number of ether oxygens (including phenoxy) is 1. The van der Waals surface area contributed by atoms with Crippen molar-refractivity contribution in [2.24, 2.45) is 0 Å². The molecule has 0 saturated heterocycles. The van der Waals surface area contributed by atoms with Gasteiger partial charge >= 0.3 is 6.08 Å². The van der Waals surface area contributed by atoms with Crippen LogP contribution in [0.3, 0.4) is 0 Å². The number of aryl methyl sites for hydroxylation is 1. The van der Waals surface area contributed by atoms with E-state index in [1.54, 1.807) is 6.20 Å². The van der Waals surface area contributed by atoms with Crippen LogP contribution >= 0.6 is 0 Å². The maximum atomic E-state index is 5.16. The second-order valence-corrected chi connectivity index (χ2v) is 2.40. The third-order valence-corrected chi connectivity index (χ3v) is 0.937. The van der Waals surface area contributed by atoms with Gasteiger partial charge in [0, 0.05) is 0 Å². The van der Waals surface area contributed by atoms with Crippen molar-refractivity contribution in [2.75, 3.05) is 0 Å². The number of oxazole rings is 1. The number of hydrogen-bond acceptors (Lipinski definition) is 3. The molecule has 0 spiro atoms. The van der Waals surface area contributed by atoms with Crippen molar-refractivity contribution >= 4 is 0 Å². The van der Waals surface area contributed by atoms with E-state index in [1.807, 2.05) is 20.8 Å². The van der Waals surface area contributed by atoms with Crippen LogP contribution in [0, 0.1) is 6.92 Å². The Bertz CT molecular complexity index is 205. The molecule has 1 rings (SSSR count). The number of hydrogen-bond donors (Lipinski definition) is 0. The van der Waals surface area contributed by atoms with E-state index in [9.17, 15) is 0 Å². The first-order valence-electron chi connectivity index (χ1n) is 3.27. The Labute approximate surface area is 60.0 Å². The highest BCUT2D eigenvalue weighted by molar-refractivity contribution is 4.94.